The molecule has 2 aliphatic heterocycles. The Morgan fingerprint density at radius 1 is 1.19 bits per heavy atom. The lowest BCUT2D eigenvalue weighted by Crippen LogP contribution is -2.56. The van der Waals surface area contributed by atoms with Gasteiger partial charge in [0.1, 0.15) is 0 Å². The Kier molecular flexibility index (Phi) is 4.97. The fraction of sp³-hybridized carbons (Fsp3) is 0.684. The number of nitrogens with zero attached hydrogens (tertiary/aromatic N) is 1. The smallest absolute Gasteiger partial charge is 0.0113 e. The van der Waals surface area contributed by atoms with E-state index in [4.69, 9.17) is 0 Å². The van der Waals surface area contributed by atoms with Gasteiger partial charge in [-0.3, -0.25) is 4.90 Å². The van der Waals surface area contributed by atoms with Crippen LogP contribution in [0.2, 0.25) is 0 Å². The molecule has 1 aromatic rings. The highest BCUT2D eigenvalue weighted by molar-refractivity contribution is 5.22. The lowest BCUT2D eigenvalue weighted by molar-refractivity contribution is 0.0260. The van der Waals surface area contributed by atoms with Crippen molar-refractivity contribution >= 4 is 0 Å². The highest BCUT2D eigenvalue weighted by Crippen LogP contribution is 2.34. The normalized spacial score (nSPS) is 29.5. The zero-order valence-electron chi connectivity index (χ0n) is 13.6. The first-order chi connectivity index (χ1) is 10.3. The van der Waals surface area contributed by atoms with Gasteiger partial charge in [0.05, 0.1) is 0 Å². The molecule has 0 saturated carbocycles. The highest BCUT2D eigenvalue weighted by atomic mass is 15.2. The minimum atomic E-state index is 0.764. The van der Waals surface area contributed by atoms with E-state index in [0.29, 0.717) is 0 Å². The van der Waals surface area contributed by atoms with Gasteiger partial charge in [-0.1, -0.05) is 43.2 Å². The van der Waals surface area contributed by atoms with Crippen LogP contribution >= 0.6 is 0 Å². The molecule has 2 saturated heterocycles. The Morgan fingerprint density at radius 3 is 2.62 bits per heavy atom. The SMILES string of the molecule is CCNC1CC2CCCC(C1)N2CCc1cccc(C)c1. The maximum Gasteiger partial charge on any atom is 0.0113 e. The molecule has 2 atom stereocenters. The number of hydrogen-bond acceptors (Lipinski definition) is 2. The molecule has 1 aromatic carbocycles. The number of piperidine rings is 2. The third-order valence-corrected chi connectivity index (χ3v) is 5.36. The van der Waals surface area contributed by atoms with Crippen molar-refractivity contribution in [3.8, 4) is 0 Å². The van der Waals surface area contributed by atoms with E-state index in [1.807, 2.05) is 0 Å². The zero-order chi connectivity index (χ0) is 14.7. The monoisotopic (exact) mass is 286 g/mol. The third kappa shape index (κ3) is 3.67. The van der Waals surface area contributed by atoms with Crippen molar-refractivity contribution in [2.24, 2.45) is 0 Å². The van der Waals surface area contributed by atoms with Crippen LogP contribution < -0.4 is 5.32 Å². The van der Waals surface area contributed by atoms with E-state index >= 15 is 0 Å². The van der Waals surface area contributed by atoms with Gasteiger partial charge >= 0.3 is 0 Å². The van der Waals surface area contributed by atoms with E-state index in [0.717, 1.165) is 24.7 Å². The van der Waals surface area contributed by atoms with Crippen LogP contribution in [0.3, 0.4) is 0 Å². The molecule has 0 amide bonds. The maximum absolute atomic E-state index is 3.69. The van der Waals surface area contributed by atoms with E-state index in [-0.39, 0.29) is 0 Å². The van der Waals surface area contributed by atoms with Crippen molar-refractivity contribution in [1.82, 2.24) is 10.2 Å². The number of aryl methyl sites for hydroxylation is 1. The van der Waals surface area contributed by atoms with Gasteiger partial charge in [-0.2, -0.15) is 0 Å². The topological polar surface area (TPSA) is 15.3 Å². The Morgan fingerprint density at radius 2 is 1.95 bits per heavy atom. The average Bonchev–Trinajstić information content (AvgIpc) is 2.45. The molecule has 21 heavy (non-hydrogen) atoms. The molecule has 2 heteroatoms. The summed E-state index contributed by atoms with van der Waals surface area (Å²) in [4.78, 5) is 2.83. The Bertz CT molecular complexity index is 443. The van der Waals surface area contributed by atoms with Crippen molar-refractivity contribution in [3.63, 3.8) is 0 Å². The van der Waals surface area contributed by atoms with E-state index in [9.17, 15) is 0 Å². The molecule has 116 valence electrons. The van der Waals surface area contributed by atoms with Crippen LogP contribution in [0, 0.1) is 6.92 Å². The fourth-order valence-corrected chi connectivity index (χ4v) is 4.42. The molecular formula is C19H30N2. The van der Waals surface area contributed by atoms with Crippen LogP contribution in [0.4, 0.5) is 0 Å². The number of fused-ring (bicyclic) bond motifs is 2. The number of benzene rings is 1. The van der Waals surface area contributed by atoms with Crippen LogP contribution in [0.5, 0.6) is 0 Å². The number of nitrogens with one attached hydrogen (secondary N) is 1. The quantitative estimate of drug-likeness (QED) is 0.891. The van der Waals surface area contributed by atoms with Gasteiger partial charge in [0.25, 0.3) is 0 Å². The molecule has 0 aliphatic carbocycles. The number of rotatable bonds is 5. The van der Waals surface area contributed by atoms with Crippen molar-refractivity contribution in [3.05, 3.63) is 35.4 Å². The summed E-state index contributed by atoms with van der Waals surface area (Å²) < 4.78 is 0. The molecule has 2 bridgehead atoms. The lowest BCUT2D eigenvalue weighted by atomic mass is 9.81. The second-order valence-corrected chi connectivity index (χ2v) is 6.94. The minimum absolute atomic E-state index is 0.764. The molecular weight excluding hydrogens is 256 g/mol. The molecule has 2 unspecified atom stereocenters. The van der Waals surface area contributed by atoms with Crippen LogP contribution in [-0.2, 0) is 6.42 Å². The second-order valence-electron chi connectivity index (χ2n) is 6.94. The van der Waals surface area contributed by atoms with Crippen molar-refractivity contribution in [2.45, 2.75) is 70.5 Å². The fourth-order valence-electron chi connectivity index (χ4n) is 4.42. The Labute approximate surface area is 129 Å². The third-order valence-electron chi connectivity index (χ3n) is 5.36. The van der Waals surface area contributed by atoms with Crippen molar-refractivity contribution in [2.75, 3.05) is 13.1 Å². The van der Waals surface area contributed by atoms with Gasteiger partial charge in [0, 0.05) is 24.7 Å². The molecule has 2 heterocycles. The highest BCUT2D eigenvalue weighted by Gasteiger charge is 2.37. The molecule has 2 fully saturated rings. The first kappa shape index (κ1) is 15.1. The number of hydrogen-bond donors (Lipinski definition) is 1. The average molecular weight is 286 g/mol. The summed E-state index contributed by atoms with van der Waals surface area (Å²) in [5, 5.41) is 3.69. The predicted molar refractivity (Wildman–Crippen MR) is 89.7 cm³/mol. The summed E-state index contributed by atoms with van der Waals surface area (Å²) in [7, 11) is 0. The molecule has 0 aromatic heterocycles. The van der Waals surface area contributed by atoms with Crippen LogP contribution in [0.1, 0.15) is 50.2 Å². The maximum atomic E-state index is 3.69. The Balaban J connectivity index is 1.60. The molecule has 2 nitrogen and oxygen atoms in total. The van der Waals surface area contributed by atoms with Gasteiger partial charge < -0.3 is 5.32 Å². The molecule has 0 radical (unpaired) electrons. The first-order valence-electron chi connectivity index (χ1n) is 8.81. The second kappa shape index (κ2) is 6.93. The summed E-state index contributed by atoms with van der Waals surface area (Å²) in [6.07, 6.45) is 8.18. The largest absolute Gasteiger partial charge is 0.314 e. The summed E-state index contributed by atoms with van der Waals surface area (Å²) in [6, 6.07) is 11.4. The molecule has 1 N–H and O–H groups in total. The molecule has 3 rings (SSSR count). The van der Waals surface area contributed by atoms with E-state index in [2.05, 4.69) is 48.3 Å². The van der Waals surface area contributed by atoms with Gasteiger partial charge in [0.2, 0.25) is 0 Å². The zero-order valence-corrected chi connectivity index (χ0v) is 13.6. The standard InChI is InChI=1S/C19H30N2/c1-3-20-17-13-18-8-5-9-19(14-17)21(18)11-10-16-7-4-6-15(2)12-16/h4,6-7,12,17-20H,3,5,8-11,13-14H2,1-2H3. The van der Waals surface area contributed by atoms with Crippen molar-refractivity contribution in [1.29, 1.82) is 0 Å². The summed E-state index contributed by atoms with van der Waals surface area (Å²) >= 11 is 0. The lowest BCUT2D eigenvalue weighted by Gasteiger charge is -2.49. The van der Waals surface area contributed by atoms with Crippen LogP contribution in [-0.4, -0.2) is 36.1 Å². The summed E-state index contributed by atoms with van der Waals surface area (Å²) in [6.45, 7) is 6.80. The Hall–Kier alpha value is -0.860. The van der Waals surface area contributed by atoms with Gasteiger partial charge in [-0.15, -0.1) is 0 Å². The van der Waals surface area contributed by atoms with Gasteiger partial charge in [-0.05, 0) is 51.1 Å². The van der Waals surface area contributed by atoms with E-state index < -0.39 is 0 Å². The summed E-state index contributed by atoms with van der Waals surface area (Å²) in [5.74, 6) is 0. The minimum Gasteiger partial charge on any atom is -0.314 e. The van der Waals surface area contributed by atoms with Crippen LogP contribution in [0.25, 0.3) is 0 Å². The van der Waals surface area contributed by atoms with E-state index in [1.54, 1.807) is 0 Å². The molecule has 2 aliphatic rings. The van der Waals surface area contributed by atoms with Crippen LogP contribution in [0.15, 0.2) is 24.3 Å². The molecule has 0 spiro atoms. The van der Waals surface area contributed by atoms with Gasteiger partial charge in [0.15, 0.2) is 0 Å². The van der Waals surface area contributed by atoms with Gasteiger partial charge in [-0.25, -0.2) is 0 Å². The van der Waals surface area contributed by atoms with E-state index in [1.165, 1.54) is 56.2 Å². The predicted octanol–water partition coefficient (Wildman–Crippen LogP) is 3.53. The summed E-state index contributed by atoms with van der Waals surface area (Å²) in [5.41, 5.74) is 2.89. The first-order valence-corrected chi connectivity index (χ1v) is 8.81. The van der Waals surface area contributed by atoms with Crippen molar-refractivity contribution < 1.29 is 0 Å².